The van der Waals surface area contributed by atoms with Crippen molar-refractivity contribution in [1.29, 1.82) is 0 Å². The molecule has 1 N–H and O–H groups in total. The normalized spacial score (nSPS) is 16.7. The molecule has 0 saturated carbocycles. The van der Waals surface area contributed by atoms with Crippen LogP contribution in [0.15, 0.2) is 58.9 Å². The first-order valence-electron chi connectivity index (χ1n) is 8.79. The number of nitrogens with zero attached hydrogens (tertiary/aromatic N) is 2. The summed E-state index contributed by atoms with van der Waals surface area (Å²) in [5.41, 5.74) is 0.591. The van der Waals surface area contributed by atoms with Gasteiger partial charge >= 0.3 is 0 Å². The van der Waals surface area contributed by atoms with Gasteiger partial charge < -0.3 is 9.64 Å². The largest absolute Gasteiger partial charge is 0.480 e. The van der Waals surface area contributed by atoms with Crippen LogP contribution in [0.3, 0.4) is 0 Å². The van der Waals surface area contributed by atoms with Crippen molar-refractivity contribution < 1.29 is 17.9 Å². The summed E-state index contributed by atoms with van der Waals surface area (Å²) in [6, 6.07) is 10.9. The molecule has 4 rings (SSSR count). The highest BCUT2D eigenvalue weighted by Gasteiger charge is 2.34. The van der Waals surface area contributed by atoms with Crippen molar-refractivity contribution in [3.05, 3.63) is 64.1 Å². The number of hydrogen-bond donors (Lipinski definition) is 1. The van der Waals surface area contributed by atoms with Gasteiger partial charge in [0, 0.05) is 36.3 Å². The van der Waals surface area contributed by atoms with Crippen molar-refractivity contribution in [2.75, 3.05) is 16.2 Å². The van der Waals surface area contributed by atoms with Crippen LogP contribution in [0.1, 0.15) is 6.42 Å². The number of thiazole rings is 1. The van der Waals surface area contributed by atoms with Gasteiger partial charge in [0.1, 0.15) is 5.75 Å². The average molecular weight is 484 g/mol. The third kappa shape index (κ3) is 4.39. The van der Waals surface area contributed by atoms with Gasteiger partial charge in [-0.05, 0) is 36.4 Å². The molecule has 1 fully saturated rings. The zero-order chi connectivity index (χ0) is 21.3. The number of rotatable bonds is 6. The molecule has 1 aliphatic rings. The fourth-order valence-corrected chi connectivity index (χ4v) is 5.06. The van der Waals surface area contributed by atoms with E-state index in [1.54, 1.807) is 40.6 Å². The Kier molecular flexibility index (Phi) is 5.88. The molecule has 1 aromatic heterocycles. The van der Waals surface area contributed by atoms with E-state index in [-0.39, 0.29) is 15.9 Å². The van der Waals surface area contributed by atoms with Gasteiger partial charge in [0.25, 0.3) is 15.9 Å². The molecule has 1 atom stereocenters. The lowest BCUT2D eigenvalue weighted by atomic mass is 10.3. The van der Waals surface area contributed by atoms with E-state index in [0.29, 0.717) is 34.4 Å². The quantitative estimate of drug-likeness (QED) is 0.559. The molecule has 0 bridgehead atoms. The molecule has 0 spiro atoms. The zero-order valence-electron chi connectivity index (χ0n) is 15.3. The maximum absolute atomic E-state index is 12.8. The fourth-order valence-electron chi connectivity index (χ4n) is 2.99. The van der Waals surface area contributed by atoms with Crippen LogP contribution in [0.25, 0.3) is 0 Å². The minimum atomic E-state index is -3.75. The van der Waals surface area contributed by atoms with Crippen molar-refractivity contribution in [3.63, 3.8) is 0 Å². The maximum atomic E-state index is 12.8. The lowest BCUT2D eigenvalue weighted by molar-refractivity contribution is -0.122. The number of halogens is 2. The molecule has 30 heavy (non-hydrogen) atoms. The van der Waals surface area contributed by atoms with E-state index in [9.17, 15) is 13.2 Å². The predicted octanol–water partition coefficient (Wildman–Crippen LogP) is 4.44. The highest BCUT2D eigenvalue weighted by atomic mass is 35.5. The number of amides is 1. The topological polar surface area (TPSA) is 88.6 Å². The minimum Gasteiger partial charge on any atom is -0.480 e. The molecule has 7 nitrogen and oxygen atoms in total. The second kappa shape index (κ2) is 8.43. The lowest BCUT2D eigenvalue weighted by Crippen LogP contribution is -2.32. The second-order valence-electron chi connectivity index (χ2n) is 6.40. The first-order chi connectivity index (χ1) is 14.3. The number of hydrogen-bond acceptors (Lipinski definition) is 6. The van der Waals surface area contributed by atoms with Crippen molar-refractivity contribution in [1.82, 2.24) is 4.98 Å². The van der Waals surface area contributed by atoms with E-state index in [4.69, 9.17) is 27.9 Å². The highest BCUT2D eigenvalue weighted by Crippen LogP contribution is 2.30. The molecule has 1 aliphatic heterocycles. The summed E-state index contributed by atoms with van der Waals surface area (Å²) in [6.45, 7) is 0.453. The maximum Gasteiger partial charge on any atom is 0.268 e. The molecule has 1 saturated heterocycles. The van der Waals surface area contributed by atoms with Crippen molar-refractivity contribution >= 4 is 61.3 Å². The summed E-state index contributed by atoms with van der Waals surface area (Å²) in [4.78, 5) is 18.3. The van der Waals surface area contributed by atoms with Gasteiger partial charge in [-0.3, -0.25) is 9.52 Å². The highest BCUT2D eigenvalue weighted by molar-refractivity contribution is 7.93. The number of carbonyl (C=O) groups excluding carboxylic acids is 1. The first kappa shape index (κ1) is 20.9. The predicted molar refractivity (Wildman–Crippen MR) is 117 cm³/mol. The Morgan fingerprint density at radius 3 is 2.57 bits per heavy atom. The standard InChI is InChI=1S/C19H15Cl2N3O4S2/c20-15-6-3-13(11-16(15)21)28-17-7-9-24(18(17)25)12-1-4-14(5-2-12)30(26,27)23-19-22-8-10-29-19/h1-6,8,10-11,17H,7,9H2,(H,22,23). The smallest absolute Gasteiger partial charge is 0.268 e. The van der Waals surface area contributed by atoms with E-state index < -0.39 is 16.1 Å². The molecule has 0 radical (unpaired) electrons. The van der Waals surface area contributed by atoms with Crippen LogP contribution in [0.2, 0.25) is 10.0 Å². The van der Waals surface area contributed by atoms with Gasteiger partial charge in [0.15, 0.2) is 11.2 Å². The lowest BCUT2D eigenvalue weighted by Gasteiger charge is -2.18. The number of nitrogens with one attached hydrogen (secondary N) is 1. The third-order valence-electron chi connectivity index (χ3n) is 4.44. The van der Waals surface area contributed by atoms with Crippen molar-refractivity contribution in [2.45, 2.75) is 17.4 Å². The molecule has 2 heterocycles. The van der Waals surface area contributed by atoms with Crippen molar-refractivity contribution in [3.8, 4) is 5.75 Å². The first-order valence-corrected chi connectivity index (χ1v) is 11.9. The summed E-state index contributed by atoms with van der Waals surface area (Å²) in [6.07, 6.45) is 1.35. The van der Waals surface area contributed by atoms with Crippen molar-refractivity contribution in [2.24, 2.45) is 0 Å². The summed E-state index contributed by atoms with van der Waals surface area (Å²) in [5.74, 6) is 0.247. The number of sulfonamides is 1. The second-order valence-corrected chi connectivity index (χ2v) is 9.79. The van der Waals surface area contributed by atoms with Gasteiger partial charge in [-0.1, -0.05) is 23.2 Å². The van der Waals surface area contributed by atoms with E-state index in [0.717, 1.165) is 0 Å². The number of carbonyl (C=O) groups is 1. The van der Waals surface area contributed by atoms with Crippen LogP contribution >= 0.6 is 34.5 Å². The van der Waals surface area contributed by atoms with Gasteiger partial charge in [0.05, 0.1) is 14.9 Å². The molecule has 1 amide bonds. The Morgan fingerprint density at radius 1 is 1.13 bits per heavy atom. The Hall–Kier alpha value is -2.33. The van der Waals surface area contributed by atoms with Crippen LogP contribution in [0.4, 0.5) is 10.8 Å². The summed E-state index contributed by atoms with van der Waals surface area (Å²) in [5, 5.41) is 2.72. The third-order valence-corrected chi connectivity index (χ3v) is 7.35. The van der Waals surface area contributed by atoms with Crippen LogP contribution in [-0.4, -0.2) is 32.0 Å². The molecule has 2 aromatic carbocycles. The Balaban J connectivity index is 1.45. The molecular weight excluding hydrogens is 469 g/mol. The number of aromatic nitrogens is 1. The molecule has 1 unspecified atom stereocenters. The Morgan fingerprint density at radius 2 is 1.90 bits per heavy atom. The summed E-state index contributed by atoms with van der Waals surface area (Å²) in [7, 11) is -3.75. The monoisotopic (exact) mass is 483 g/mol. The van der Waals surface area contributed by atoms with Crippen LogP contribution < -0.4 is 14.4 Å². The van der Waals surface area contributed by atoms with Gasteiger partial charge in [0.2, 0.25) is 0 Å². The fraction of sp³-hybridized carbons (Fsp3) is 0.158. The van der Waals surface area contributed by atoms with Crippen LogP contribution in [0.5, 0.6) is 5.75 Å². The molecule has 3 aromatic rings. The van der Waals surface area contributed by atoms with E-state index in [1.165, 1.54) is 29.7 Å². The summed E-state index contributed by atoms with van der Waals surface area (Å²) >= 11 is 13.1. The van der Waals surface area contributed by atoms with E-state index in [2.05, 4.69) is 9.71 Å². The van der Waals surface area contributed by atoms with Crippen LogP contribution in [0, 0.1) is 0 Å². The van der Waals surface area contributed by atoms with E-state index >= 15 is 0 Å². The molecular formula is C19H15Cl2N3O4S2. The van der Waals surface area contributed by atoms with Crippen LogP contribution in [-0.2, 0) is 14.8 Å². The minimum absolute atomic E-state index is 0.0803. The Bertz CT molecular complexity index is 1170. The molecule has 156 valence electrons. The van der Waals surface area contributed by atoms with Gasteiger partial charge in [-0.25, -0.2) is 13.4 Å². The van der Waals surface area contributed by atoms with Gasteiger partial charge in [-0.2, -0.15) is 0 Å². The summed E-state index contributed by atoms with van der Waals surface area (Å²) < 4.78 is 33.1. The number of anilines is 2. The van der Waals surface area contributed by atoms with Gasteiger partial charge in [-0.15, -0.1) is 11.3 Å². The number of ether oxygens (including phenoxy) is 1. The molecule has 11 heteroatoms. The number of benzene rings is 2. The Labute approximate surface area is 187 Å². The molecule has 0 aliphatic carbocycles. The van der Waals surface area contributed by atoms with E-state index in [1.807, 2.05) is 0 Å². The average Bonchev–Trinajstić information content (AvgIpc) is 3.35. The zero-order valence-corrected chi connectivity index (χ0v) is 18.4. The SMILES string of the molecule is O=C1C(Oc2ccc(Cl)c(Cl)c2)CCN1c1ccc(S(=O)(=O)Nc2nccs2)cc1.